The summed E-state index contributed by atoms with van der Waals surface area (Å²) in [4.78, 5) is 13.7. The molecule has 0 spiro atoms. The first-order valence-corrected chi connectivity index (χ1v) is 11.9. The molecule has 0 saturated carbocycles. The number of thioether (sulfide) groups is 1. The molecule has 0 saturated heterocycles. The van der Waals surface area contributed by atoms with Crippen LogP contribution in [0.5, 0.6) is 5.75 Å². The zero-order chi connectivity index (χ0) is 21.8. The summed E-state index contributed by atoms with van der Waals surface area (Å²) >= 11 is 3.04. The number of carbonyl (C=O) groups excluding carboxylic acids is 1. The highest BCUT2D eigenvalue weighted by atomic mass is 32.2. The number of thiophene rings is 1. The lowest BCUT2D eigenvalue weighted by molar-refractivity contribution is -0.115. The molecule has 0 fully saturated rings. The number of carbonyl (C=O) groups is 1. The van der Waals surface area contributed by atoms with E-state index in [1.165, 1.54) is 16.6 Å². The summed E-state index contributed by atoms with van der Waals surface area (Å²) in [6.45, 7) is 0. The topological polar surface area (TPSA) is 92.8 Å². The van der Waals surface area contributed by atoms with Crippen molar-refractivity contribution < 1.29 is 9.53 Å². The molecule has 0 bridgehead atoms. The van der Waals surface area contributed by atoms with Gasteiger partial charge in [-0.25, -0.2) is 0 Å². The van der Waals surface area contributed by atoms with Crippen molar-refractivity contribution in [3.8, 4) is 23.2 Å². The second-order valence-corrected chi connectivity index (χ2v) is 9.43. The van der Waals surface area contributed by atoms with Crippen LogP contribution in [0.25, 0.3) is 11.4 Å². The number of nitrogens with zero attached hydrogens (tertiary/aromatic N) is 4. The zero-order valence-corrected chi connectivity index (χ0v) is 19.1. The van der Waals surface area contributed by atoms with Crippen molar-refractivity contribution in [2.75, 3.05) is 18.2 Å². The Labute approximate surface area is 189 Å². The van der Waals surface area contributed by atoms with E-state index in [9.17, 15) is 10.1 Å². The lowest BCUT2D eigenvalue weighted by atomic mass is 9.96. The van der Waals surface area contributed by atoms with Gasteiger partial charge in [-0.1, -0.05) is 11.8 Å². The van der Waals surface area contributed by atoms with Crippen molar-refractivity contribution in [2.45, 2.75) is 37.3 Å². The Hall–Kier alpha value is -2.83. The Bertz CT molecular complexity index is 1130. The van der Waals surface area contributed by atoms with Crippen LogP contribution in [0.2, 0.25) is 0 Å². The van der Waals surface area contributed by atoms with Gasteiger partial charge in [0.05, 0.1) is 12.7 Å². The van der Waals surface area contributed by atoms with Gasteiger partial charge in [0.15, 0.2) is 11.0 Å². The number of aromatic nitrogens is 3. The number of fused-ring (bicyclic) bond motifs is 1. The highest BCUT2D eigenvalue weighted by molar-refractivity contribution is 7.99. The van der Waals surface area contributed by atoms with E-state index in [4.69, 9.17) is 4.74 Å². The van der Waals surface area contributed by atoms with Crippen molar-refractivity contribution in [2.24, 2.45) is 7.05 Å². The number of aryl methyl sites for hydroxylation is 1. The minimum atomic E-state index is -0.0832. The molecule has 0 radical (unpaired) electrons. The SMILES string of the molecule is COc1ccc(-c2nnc(SCCC(=O)Nc3sc4c(c3C#N)CCCC4)n2C)cc1. The number of methoxy groups -OCH3 is 1. The third-order valence-corrected chi connectivity index (χ3v) is 7.51. The highest BCUT2D eigenvalue weighted by Crippen LogP contribution is 2.37. The summed E-state index contributed by atoms with van der Waals surface area (Å²) in [5, 5.41) is 22.5. The molecule has 31 heavy (non-hydrogen) atoms. The molecule has 1 N–H and O–H groups in total. The summed E-state index contributed by atoms with van der Waals surface area (Å²) in [6.07, 6.45) is 4.53. The number of nitriles is 1. The molecule has 1 aliphatic rings. The van der Waals surface area contributed by atoms with E-state index in [1.807, 2.05) is 35.9 Å². The van der Waals surface area contributed by atoms with Crippen molar-refractivity contribution in [1.82, 2.24) is 14.8 Å². The number of nitrogens with one attached hydrogen (secondary N) is 1. The monoisotopic (exact) mass is 453 g/mol. The molecule has 2 heterocycles. The standard InChI is InChI=1S/C22H23N5O2S2/c1-27-20(14-7-9-15(29-2)10-8-14)25-26-22(27)30-12-11-19(28)24-21-17(13-23)16-5-3-4-6-18(16)31-21/h7-10H,3-6,11-12H2,1-2H3,(H,24,28). The number of ether oxygens (including phenoxy) is 1. The first kappa shape index (κ1) is 21.4. The fourth-order valence-corrected chi connectivity index (χ4v) is 5.73. The Morgan fingerprint density at radius 1 is 1.29 bits per heavy atom. The van der Waals surface area contributed by atoms with Crippen LogP contribution in [0.1, 0.15) is 35.3 Å². The number of amides is 1. The van der Waals surface area contributed by atoms with E-state index in [-0.39, 0.29) is 5.91 Å². The van der Waals surface area contributed by atoms with Crippen molar-refractivity contribution in [3.63, 3.8) is 0 Å². The lowest BCUT2D eigenvalue weighted by Gasteiger charge is -2.09. The molecule has 1 aliphatic carbocycles. The van der Waals surface area contributed by atoms with Crippen LogP contribution in [-0.2, 0) is 24.7 Å². The fourth-order valence-electron chi connectivity index (χ4n) is 3.63. The average Bonchev–Trinajstić information content (AvgIpc) is 3.33. The van der Waals surface area contributed by atoms with Crippen molar-refractivity contribution >= 4 is 34.0 Å². The van der Waals surface area contributed by atoms with Gasteiger partial charge in [-0.15, -0.1) is 21.5 Å². The van der Waals surface area contributed by atoms with Gasteiger partial charge in [-0.2, -0.15) is 5.26 Å². The van der Waals surface area contributed by atoms with E-state index < -0.39 is 0 Å². The van der Waals surface area contributed by atoms with Gasteiger partial charge in [0, 0.05) is 29.7 Å². The third-order valence-electron chi connectivity index (χ3n) is 5.28. The normalized spacial score (nSPS) is 12.8. The van der Waals surface area contributed by atoms with Crippen LogP contribution in [0.15, 0.2) is 29.4 Å². The summed E-state index contributed by atoms with van der Waals surface area (Å²) in [6, 6.07) is 9.95. The maximum absolute atomic E-state index is 12.5. The molecule has 3 aromatic rings. The number of anilines is 1. The van der Waals surface area contributed by atoms with Gasteiger partial charge in [-0.05, 0) is 55.5 Å². The predicted octanol–water partition coefficient (Wildman–Crippen LogP) is 4.42. The Balaban J connectivity index is 1.35. The van der Waals surface area contributed by atoms with Crippen LogP contribution in [0, 0.1) is 11.3 Å². The summed E-state index contributed by atoms with van der Waals surface area (Å²) in [5.41, 5.74) is 2.73. The molecule has 4 rings (SSSR count). The van der Waals surface area contributed by atoms with Gasteiger partial charge in [-0.3, -0.25) is 4.79 Å². The average molecular weight is 454 g/mol. The van der Waals surface area contributed by atoms with E-state index in [1.54, 1.807) is 18.4 Å². The second kappa shape index (κ2) is 9.54. The highest BCUT2D eigenvalue weighted by Gasteiger charge is 2.21. The molecule has 9 heteroatoms. The van der Waals surface area contributed by atoms with Gasteiger partial charge >= 0.3 is 0 Å². The van der Waals surface area contributed by atoms with Crippen LogP contribution >= 0.6 is 23.1 Å². The molecule has 0 atom stereocenters. The van der Waals surface area contributed by atoms with E-state index in [0.717, 1.165) is 53.5 Å². The fraction of sp³-hybridized carbons (Fsp3) is 0.364. The number of rotatable bonds is 7. The van der Waals surface area contributed by atoms with E-state index in [0.29, 0.717) is 22.7 Å². The van der Waals surface area contributed by atoms with Gasteiger partial charge in [0.1, 0.15) is 16.8 Å². The van der Waals surface area contributed by atoms with Crippen LogP contribution in [0.3, 0.4) is 0 Å². The maximum Gasteiger partial charge on any atom is 0.225 e. The minimum Gasteiger partial charge on any atom is -0.497 e. The van der Waals surface area contributed by atoms with E-state index >= 15 is 0 Å². The lowest BCUT2D eigenvalue weighted by Crippen LogP contribution is -2.12. The molecular formula is C22H23N5O2S2. The first-order valence-electron chi connectivity index (χ1n) is 10.1. The maximum atomic E-state index is 12.5. The van der Waals surface area contributed by atoms with Crippen LogP contribution in [-0.4, -0.2) is 33.5 Å². The molecule has 160 valence electrons. The molecule has 0 aliphatic heterocycles. The van der Waals surface area contributed by atoms with E-state index in [2.05, 4.69) is 21.6 Å². The summed E-state index contributed by atoms with van der Waals surface area (Å²) < 4.78 is 7.12. The molecular weight excluding hydrogens is 430 g/mol. The first-order chi connectivity index (χ1) is 15.1. The van der Waals surface area contributed by atoms with Gasteiger partial charge in [0.2, 0.25) is 5.91 Å². The quantitative estimate of drug-likeness (QED) is 0.532. The molecule has 0 unspecified atom stereocenters. The van der Waals surface area contributed by atoms with Gasteiger partial charge in [0.25, 0.3) is 0 Å². The molecule has 7 nitrogen and oxygen atoms in total. The summed E-state index contributed by atoms with van der Waals surface area (Å²) in [5.74, 6) is 2.04. The molecule has 1 aromatic carbocycles. The minimum absolute atomic E-state index is 0.0832. The zero-order valence-electron chi connectivity index (χ0n) is 17.5. The number of hydrogen-bond donors (Lipinski definition) is 1. The van der Waals surface area contributed by atoms with Gasteiger partial charge < -0.3 is 14.6 Å². The third kappa shape index (κ3) is 4.60. The molecule has 1 amide bonds. The van der Waals surface area contributed by atoms with Crippen LogP contribution in [0.4, 0.5) is 5.00 Å². The smallest absolute Gasteiger partial charge is 0.225 e. The van der Waals surface area contributed by atoms with Crippen molar-refractivity contribution in [3.05, 3.63) is 40.3 Å². The Kier molecular flexibility index (Phi) is 6.59. The second-order valence-electron chi connectivity index (χ2n) is 7.27. The Morgan fingerprint density at radius 2 is 2.06 bits per heavy atom. The Morgan fingerprint density at radius 3 is 2.81 bits per heavy atom. The number of hydrogen-bond acceptors (Lipinski definition) is 7. The van der Waals surface area contributed by atoms with Crippen LogP contribution < -0.4 is 10.1 Å². The number of benzene rings is 1. The molecule has 2 aromatic heterocycles. The summed E-state index contributed by atoms with van der Waals surface area (Å²) in [7, 11) is 3.55. The van der Waals surface area contributed by atoms with Crippen molar-refractivity contribution in [1.29, 1.82) is 5.26 Å². The largest absolute Gasteiger partial charge is 0.497 e. The predicted molar refractivity (Wildman–Crippen MR) is 123 cm³/mol.